The van der Waals surface area contributed by atoms with Crippen LogP contribution in [-0.2, 0) is 6.54 Å². The quantitative estimate of drug-likeness (QED) is 0.676. The topological polar surface area (TPSA) is 38.1 Å². The van der Waals surface area contributed by atoms with Crippen molar-refractivity contribution in [2.24, 2.45) is 0 Å². The number of carbonyl (C=O) groups is 1. The van der Waals surface area contributed by atoms with Crippen LogP contribution in [0.4, 0.5) is 0 Å². The Kier molecular flexibility index (Phi) is 4.81. The lowest BCUT2D eigenvalue weighted by Gasteiger charge is -2.17. The number of carbonyl (C=O) groups excluding carboxylic acids is 1. The van der Waals surface area contributed by atoms with E-state index in [1.807, 2.05) is 37.5 Å². The maximum absolute atomic E-state index is 12.6. The first-order valence-electron chi connectivity index (χ1n) is 7.64. The maximum atomic E-state index is 12.6. The number of benzene rings is 2. The monoisotopic (exact) mass is 383 g/mol. The van der Waals surface area contributed by atoms with Gasteiger partial charge in [-0.3, -0.25) is 4.79 Å². The molecule has 0 radical (unpaired) electrons. The summed E-state index contributed by atoms with van der Waals surface area (Å²) in [7, 11) is 1.82. The molecule has 2 aromatic carbocycles. The summed E-state index contributed by atoms with van der Waals surface area (Å²) in [6.45, 7) is 2.64. The molecule has 122 valence electrons. The molecule has 0 aliphatic heterocycles. The van der Waals surface area contributed by atoms with Gasteiger partial charge in [-0.1, -0.05) is 29.8 Å². The van der Waals surface area contributed by atoms with Crippen LogP contribution >= 0.6 is 15.9 Å². The van der Waals surface area contributed by atoms with Crippen LogP contribution in [0.15, 0.2) is 65.4 Å². The molecule has 24 heavy (non-hydrogen) atoms. The molecule has 5 heteroatoms. The molecule has 1 amide bonds. The standard InChI is InChI=1S/C19H18BrN3O/c1-14-3-5-15(6-4-14)12-22(2)19(24)16-7-9-18(10-8-16)23-13-17(20)11-21-23/h3-11,13H,12H2,1-2H3. The van der Waals surface area contributed by atoms with Crippen LogP contribution in [0.25, 0.3) is 5.69 Å². The summed E-state index contributed by atoms with van der Waals surface area (Å²) in [6, 6.07) is 15.7. The Morgan fingerprint density at radius 1 is 1.12 bits per heavy atom. The van der Waals surface area contributed by atoms with Crippen LogP contribution in [0.2, 0.25) is 0 Å². The SMILES string of the molecule is Cc1ccc(CN(C)C(=O)c2ccc(-n3cc(Br)cn3)cc2)cc1. The van der Waals surface area contributed by atoms with Crippen LogP contribution in [0.5, 0.6) is 0 Å². The molecule has 0 unspecified atom stereocenters. The van der Waals surface area contributed by atoms with E-state index in [9.17, 15) is 4.79 Å². The summed E-state index contributed by atoms with van der Waals surface area (Å²) in [6.07, 6.45) is 3.61. The maximum Gasteiger partial charge on any atom is 0.253 e. The minimum atomic E-state index is 0.00349. The highest BCUT2D eigenvalue weighted by molar-refractivity contribution is 9.10. The van der Waals surface area contributed by atoms with Gasteiger partial charge in [-0.2, -0.15) is 5.10 Å². The Bertz CT molecular complexity index is 838. The van der Waals surface area contributed by atoms with Crippen molar-refractivity contribution in [3.63, 3.8) is 0 Å². The first-order valence-corrected chi connectivity index (χ1v) is 8.44. The van der Waals surface area contributed by atoms with Crippen molar-refractivity contribution in [3.05, 3.63) is 82.1 Å². The number of aromatic nitrogens is 2. The summed E-state index contributed by atoms with van der Waals surface area (Å²) in [4.78, 5) is 14.3. The molecular formula is C19H18BrN3O. The molecule has 0 atom stereocenters. The highest BCUT2D eigenvalue weighted by Crippen LogP contribution is 2.15. The number of halogens is 1. The molecule has 0 fully saturated rings. The smallest absolute Gasteiger partial charge is 0.253 e. The molecular weight excluding hydrogens is 366 g/mol. The van der Waals surface area contributed by atoms with E-state index in [1.165, 1.54) is 5.56 Å². The van der Waals surface area contributed by atoms with Crippen LogP contribution in [0.1, 0.15) is 21.5 Å². The first kappa shape index (κ1) is 16.5. The fraction of sp³-hybridized carbons (Fsp3) is 0.158. The van der Waals surface area contributed by atoms with Gasteiger partial charge in [0.2, 0.25) is 0 Å². The molecule has 4 nitrogen and oxygen atoms in total. The van der Waals surface area contributed by atoms with E-state index in [0.29, 0.717) is 12.1 Å². The highest BCUT2D eigenvalue weighted by atomic mass is 79.9. The zero-order valence-corrected chi connectivity index (χ0v) is 15.2. The van der Waals surface area contributed by atoms with E-state index in [1.54, 1.807) is 15.8 Å². The fourth-order valence-electron chi connectivity index (χ4n) is 2.46. The molecule has 0 saturated heterocycles. The van der Waals surface area contributed by atoms with Gasteiger partial charge >= 0.3 is 0 Å². The van der Waals surface area contributed by atoms with Crippen molar-refractivity contribution < 1.29 is 4.79 Å². The van der Waals surface area contributed by atoms with Crippen molar-refractivity contribution in [2.75, 3.05) is 7.05 Å². The van der Waals surface area contributed by atoms with Crippen molar-refractivity contribution in [2.45, 2.75) is 13.5 Å². The van der Waals surface area contributed by atoms with Gasteiger partial charge < -0.3 is 4.90 Å². The third kappa shape index (κ3) is 3.74. The molecule has 0 spiro atoms. The molecule has 0 aliphatic carbocycles. The zero-order valence-electron chi connectivity index (χ0n) is 13.6. The largest absolute Gasteiger partial charge is 0.337 e. The van der Waals surface area contributed by atoms with E-state index in [-0.39, 0.29) is 5.91 Å². The Morgan fingerprint density at radius 2 is 1.79 bits per heavy atom. The van der Waals surface area contributed by atoms with Gasteiger partial charge in [-0.25, -0.2) is 4.68 Å². The Hall–Kier alpha value is -2.40. The molecule has 0 N–H and O–H groups in total. The predicted octanol–water partition coefficient (Wildman–Crippen LogP) is 4.22. The van der Waals surface area contributed by atoms with Crippen LogP contribution in [0.3, 0.4) is 0 Å². The van der Waals surface area contributed by atoms with E-state index in [2.05, 4.69) is 52.2 Å². The van der Waals surface area contributed by atoms with Gasteiger partial charge in [-0.05, 0) is 52.7 Å². The second kappa shape index (κ2) is 7.01. The molecule has 1 aromatic heterocycles. The fourth-order valence-corrected chi connectivity index (χ4v) is 2.74. The number of rotatable bonds is 4. The minimum absolute atomic E-state index is 0.00349. The number of amides is 1. The molecule has 0 bridgehead atoms. The van der Waals surface area contributed by atoms with Gasteiger partial charge in [0.15, 0.2) is 0 Å². The van der Waals surface area contributed by atoms with E-state index in [4.69, 9.17) is 0 Å². The van der Waals surface area contributed by atoms with Crippen LogP contribution in [0, 0.1) is 6.92 Å². The highest BCUT2D eigenvalue weighted by Gasteiger charge is 2.12. The number of aryl methyl sites for hydroxylation is 1. The van der Waals surface area contributed by atoms with E-state index < -0.39 is 0 Å². The summed E-state index contributed by atoms with van der Waals surface area (Å²) < 4.78 is 2.68. The summed E-state index contributed by atoms with van der Waals surface area (Å²) in [5, 5.41) is 4.23. The normalized spacial score (nSPS) is 10.6. The minimum Gasteiger partial charge on any atom is -0.337 e. The van der Waals surface area contributed by atoms with E-state index in [0.717, 1.165) is 15.7 Å². The van der Waals surface area contributed by atoms with Crippen LogP contribution in [-0.4, -0.2) is 27.6 Å². The lowest BCUT2D eigenvalue weighted by Crippen LogP contribution is -2.26. The lowest BCUT2D eigenvalue weighted by atomic mass is 10.1. The Labute approximate surface area is 149 Å². The van der Waals surface area contributed by atoms with Crippen molar-refractivity contribution >= 4 is 21.8 Å². The Balaban J connectivity index is 1.71. The van der Waals surface area contributed by atoms with Crippen LogP contribution < -0.4 is 0 Å². The van der Waals surface area contributed by atoms with Gasteiger partial charge in [0.1, 0.15) is 0 Å². The summed E-state index contributed by atoms with van der Waals surface area (Å²) in [5.41, 5.74) is 3.92. The van der Waals surface area contributed by atoms with E-state index >= 15 is 0 Å². The molecule has 3 rings (SSSR count). The third-order valence-corrected chi connectivity index (χ3v) is 4.23. The van der Waals surface area contributed by atoms with Crippen molar-refractivity contribution in [1.82, 2.24) is 14.7 Å². The van der Waals surface area contributed by atoms with Gasteiger partial charge in [0, 0.05) is 25.4 Å². The number of nitrogens with zero attached hydrogens (tertiary/aromatic N) is 3. The predicted molar refractivity (Wildman–Crippen MR) is 98.2 cm³/mol. The average Bonchev–Trinajstić information content (AvgIpc) is 3.03. The van der Waals surface area contributed by atoms with Crippen molar-refractivity contribution in [1.29, 1.82) is 0 Å². The molecule has 0 aliphatic rings. The Morgan fingerprint density at radius 3 is 2.38 bits per heavy atom. The molecule has 1 heterocycles. The molecule has 0 saturated carbocycles. The number of hydrogen-bond acceptors (Lipinski definition) is 2. The second-order valence-electron chi connectivity index (χ2n) is 5.80. The second-order valence-corrected chi connectivity index (χ2v) is 6.71. The third-order valence-electron chi connectivity index (χ3n) is 3.82. The average molecular weight is 384 g/mol. The van der Waals surface area contributed by atoms with Gasteiger partial charge in [0.25, 0.3) is 5.91 Å². The van der Waals surface area contributed by atoms with Crippen molar-refractivity contribution in [3.8, 4) is 5.69 Å². The lowest BCUT2D eigenvalue weighted by molar-refractivity contribution is 0.0785. The van der Waals surface area contributed by atoms with Gasteiger partial charge in [0.05, 0.1) is 16.4 Å². The first-order chi connectivity index (χ1) is 11.5. The van der Waals surface area contributed by atoms with Gasteiger partial charge in [-0.15, -0.1) is 0 Å². The number of hydrogen-bond donors (Lipinski definition) is 0. The zero-order chi connectivity index (χ0) is 17.1. The molecule has 3 aromatic rings. The summed E-state index contributed by atoms with van der Waals surface area (Å²) in [5.74, 6) is 0.00349. The summed E-state index contributed by atoms with van der Waals surface area (Å²) >= 11 is 3.38.